The minimum Gasteiger partial charge on any atom is -0.462 e. The molecule has 0 aliphatic carbocycles. The summed E-state index contributed by atoms with van der Waals surface area (Å²) in [7, 11) is 0. The monoisotopic (exact) mass is 776 g/mol. The molecular formula is C24H38Br4Cl2O4. The van der Waals surface area contributed by atoms with Crippen molar-refractivity contribution in [3.8, 4) is 0 Å². The Kier molecular flexibility index (Phi) is 21.8. The van der Waals surface area contributed by atoms with E-state index >= 15 is 0 Å². The first-order chi connectivity index (χ1) is 15.5. The molecule has 0 N–H and O–H groups in total. The highest BCUT2D eigenvalue weighted by Gasteiger charge is 2.24. The Morgan fingerprint density at radius 1 is 0.765 bits per heavy atom. The van der Waals surface area contributed by atoms with Crippen LogP contribution in [0.1, 0.15) is 67.2 Å². The number of hydrogen-bond acceptors (Lipinski definition) is 4. The summed E-state index contributed by atoms with van der Waals surface area (Å²) in [5, 5.41) is 0. The summed E-state index contributed by atoms with van der Waals surface area (Å²) in [5.41, 5.74) is 2.21. The average molecular weight is 781 g/mol. The van der Waals surface area contributed by atoms with Crippen LogP contribution < -0.4 is 0 Å². The first-order valence-corrected chi connectivity index (χ1v) is 15.4. The molecule has 4 nitrogen and oxygen atoms in total. The summed E-state index contributed by atoms with van der Waals surface area (Å²) in [6, 6.07) is 0. The van der Waals surface area contributed by atoms with Gasteiger partial charge in [-0.15, -0.1) is 23.2 Å². The van der Waals surface area contributed by atoms with Crippen LogP contribution in [0, 0.1) is 0 Å². The lowest BCUT2D eigenvalue weighted by Gasteiger charge is -2.23. The van der Waals surface area contributed by atoms with Crippen LogP contribution in [0.15, 0.2) is 23.3 Å². The molecule has 0 aromatic carbocycles. The Bertz CT molecular complexity index is 600. The molecule has 2 unspecified atom stereocenters. The van der Waals surface area contributed by atoms with E-state index in [9.17, 15) is 9.59 Å². The number of rotatable bonds is 14. The molecule has 0 fully saturated rings. The normalized spacial score (nSPS) is 14.6. The molecular weight excluding hydrogens is 743 g/mol. The Morgan fingerprint density at radius 3 is 1.26 bits per heavy atom. The van der Waals surface area contributed by atoms with Gasteiger partial charge in [0.05, 0.1) is 0 Å². The quantitative estimate of drug-likeness (QED) is 0.101. The molecule has 0 bridgehead atoms. The zero-order valence-electron chi connectivity index (χ0n) is 20.9. The molecule has 10 heteroatoms. The molecule has 0 radical (unpaired) electrons. The van der Waals surface area contributed by atoms with Gasteiger partial charge in [-0.2, -0.15) is 0 Å². The van der Waals surface area contributed by atoms with Crippen molar-refractivity contribution in [3.63, 3.8) is 0 Å². The summed E-state index contributed by atoms with van der Waals surface area (Å²) in [6.45, 7) is 11.9. The maximum absolute atomic E-state index is 10.6. The van der Waals surface area contributed by atoms with Crippen LogP contribution in [-0.2, 0) is 19.1 Å². The van der Waals surface area contributed by atoms with Crippen LogP contribution in [0.2, 0.25) is 0 Å². The minimum absolute atomic E-state index is 0.0559. The van der Waals surface area contributed by atoms with Crippen LogP contribution in [0.4, 0.5) is 0 Å². The van der Waals surface area contributed by atoms with E-state index in [1.807, 2.05) is 12.2 Å². The van der Waals surface area contributed by atoms with E-state index in [0.717, 1.165) is 36.8 Å². The van der Waals surface area contributed by atoms with Crippen molar-refractivity contribution in [3.05, 3.63) is 23.3 Å². The second-order valence-corrected chi connectivity index (χ2v) is 15.6. The molecule has 0 saturated heterocycles. The number of halogens is 6. The van der Waals surface area contributed by atoms with Gasteiger partial charge in [-0.3, -0.25) is 9.59 Å². The first-order valence-electron chi connectivity index (χ1n) is 10.9. The number of allylic oxidation sites excluding steroid dienone is 2. The first kappa shape index (κ1) is 37.1. The summed E-state index contributed by atoms with van der Waals surface area (Å²) in [4.78, 5) is 22.0. The van der Waals surface area contributed by atoms with Crippen molar-refractivity contribution < 1.29 is 19.1 Å². The molecule has 0 spiro atoms. The fourth-order valence-corrected chi connectivity index (χ4v) is 3.71. The molecule has 0 aromatic heterocycles. The van der Waals surface area contributed by atoms with Gasteiger partial charge in [0.15, 0.2) is 0 Å². The fourth-order valence-electron chi connectivity index (χ4n) is 2.31. The second-order valence-electron chi connectivity index (χ2n) is 8.74. The highest BCUT2D eigenvalue weighted by molar-refractivity contribution is 9.13. The number of carbonyl (C=O) groups excluding carboxylic acids is 2. The summed E-state index contributed by atoms with van der Waals surface area (Å²) < 4.78 is 9.82. The minimum atomic E-state index is -0.268. The summed E-state index contributed by atoms with van der Waals surface area (Å²) >= 11 is 26.2. The van der Waals surface area contributed by atoms with Gasteiger partial charge in [-0.1, -0.05) is 74.9 Å². The average Bonchev–Trinajstić information content (AvgIpc) is 2.71. The SMILES string of the molecule is CC(=O)OCC=C(CCl)CCC(Br)C(C)(C)Br.CC(=O)OCC=C(CCl)CCC(Br)C(C)(C)Br. The summed E-state index contributed by atoms with van der Waals surface area (Å²) in [5.74, 6) is 0.415. The number of hydrogen-bond donors (Lipinski definition) is 0. The highest BCUT2D eigenvalue weighted by Crippen LogP contribution is 2.32. The van der Waals surface area contributed by atoms with E-state index in [2.05, 4.69) is 91.4 Å². The van der Waals surface area contributed by atoms with Gasteiger partial charge < -0.3 is 9.47 Å². The van der Waals surface area contributed by atoms with Gasteiger partial charge >= 0.3 is 11.9 Å². The van der Waals surface area contributed by atoms with Crippen molar-refractivity contribution >= 4 is 98.9 Å². The molecule has 0 aliphatic rings. The zero-order chi connectivity index (χ0) is 26.9. The Morgan fingerprint density at radius 2 is 1.06 bits per heavy atom. The van der Waals surface area contributed by atoms with Crippen molar-refractivity contribution in [2.45, 2.75) is 85.5 Å². The molecule has 0 rings (SSSR count). The van der Waals surface area contributed by atoms with Crippen LogP contribution in [0.3, 0.4) is 0 Å². The largest absolute Gasteiger partial charge is 0.462 e. The molecule has 0 aliphatic heterocycles. The lowest BCUT2D eigenvalue weighted by atomic mass is 10.0. The third-order valence-corrected chi connectivity index (χ3v) is 10.8. The van der Waals surface area contributed by atoms with Crippen molar-refractivity contribution in [2.24, 2.45) is 0 Å². The van der Waals surface area contributed by atoms with Crippen molar-refractivity contribution in [1.29, 1.82) is 0 Å². The molecule has 34 heavy (non-hydrogen) atoms. The Hall–Kier alpha value is 0.920. The van der Waals surface area contributed by atoms with Crippen molar-refractivity contribution in [1.82, 2.24) is 0 Å². The Balaban J connectivity index is 0. The lowest BCUT2D eigenvalue weighted by molar-refractivity contribution is -0.140. The smallest absolute Gasteiger partial charge is 0.302 e. The molecule has 0 amide bonds. The number of alkyl halides is 6. The molecule has 0 heterocycles. The second kappa shape index (κ2) is 20.0. The van der Waals surface area contributed by atoms with E-state index in [-0.39, 0.29) is 20.6 Å². The third-order valence-electron chi connectivity index (χ3n) is 4.59. The van der Waals surface area contributed by atoms with E-state index in [4.69, 9.17) is 32.7 Å². The fraction of sp³-hybridized carbons (Fsp3) is 0.750. The van der Waals surface area contributed by atoms with E-state index in [1.165, 1.54) is 13.8 Å². The van der Waals surface area contributed by atoms with Crippen LogP contribution in [0.25, 0.3) is 0 Å². The van der Waals surface area contributed by atoms with Gasteiger partial charge in [0.2, 0.25) is 0 Å². The lowest BCUT2D eigenvalue weighted by Crippen LogP contribution is -2.24. The van der Waals surface area contributed by atoms with E-state index in [1.54, 1.807) is 0 Å². The van der Waals surface area contributed by atoms with E-state index in [0.29, 0.717) is 34.6 Å². The standard InChI is InChI=1S/2C12H19Br2ClO2/c2*1-9(16)17-7-6-10(8-15)4-5-11(13)12(2,3)14/h2*6,11H,4-5,7-8H2,1-3H3. The number of ether oxygens (including phenoxy) is 2. The zero-order valence-corrected chi connectivity index (χ0v) is 28.7. The van der Waals surface area contributed by atoms with Gasteiger partial charge in [0, 0.05) is 43.9 Å². The predicted octanol–water partition coefficient (Wildman–Crippen LogP) is 8.86. The van der Waals surface area contributed by atoms with Gasteiger partial charge in [-0.05, 0) is 65.5 Å². The van der Waals surface area contributed by atoms with Gasteiger partial charge in [-0.25, -0.2) is 0 Å². The molecule has 0 aromatic rings. The molecule has 0 saturated carbocycles. The van der Waals surface area contributed by atoms with Crippen molar-refractivity contribution in [2.75, 3.05) is 25.0 Å². The third kappa shape index (κ3) is 22.1. The highest BCUT2D eigenvalue weighted by atomic mass is 79.9. The van der Waals surface area contributed by atoms with Crippen LogP contribution in [-0.4, -0.2) is 55.2 Å². The maximum atomic E-state index is 10.6. The van der Waals surface area contributed by atoms with Gasteiger partial charge in [0.1, 0.15) is 13.2 Å². The van der Waals surface area contributed by atoms with E-state index < -0.39 is 0 Å². The van der Waals surface area contributed by atoms with Crippen LogP contribution >= 0.6 is 86.9 Å². The predicted molar refractivity (Wildman–Crippen MR) is 161 cm³/mol. The molecule has 2 atom stereocenters. The Labute approximate surface area is 249 Å². The maximum Gasteiger partial charge on any atom is 0.302 e. The van der Waals surface area contributed by atoms with Crippen LogP contribution in [0.5, 0.6) is 0 Å². The van der Waals surface area contributed by atoms with Gasteiger partial charge in [0.25, 0.3) is 0 Å². The number of carbonyl (C=O) groups is 2. The molecule has 200 valence electrons. The number of esters is 2. The topological polar surface area (TPSA) is 52.6 Å². The summed E-state index contributed by atoms with van der Waals surface area (Å²) in [6.07, 6.45) is 7.53.